The molecule has 4 rings (SSSR count). The molecule has 0 aliphatic carbocycles. The fourth-order valence-corrected chi connectivity index (χ4v) is 4.14. The second-order valence-electron chi connectivity index (χ2n) is 8.22. The van der Waals surface area contributed by atoms with E-state index in [1.54, 1.807) is 12.1 Å². The van der Waals surface area contributed by atoms with Gasteiger partial charge in [-0.05, 0) is 44.7 Å². The van der Waals surface area contributed by atoms with E-state index in [1.165, 1.54) is 0 Å². The fourth-order valence-electron chi connectivity index (χ4n) is 3.99. The zero-order chi connectivity index (χ0) is 23.7. The van der Waals surface area contributed by atoms with Gasteiger partial charge in [-0.3, -0.25) is 0 Å². The number of carbonyl (C=O) groups is 1. The molecule has 2 N–H and O–H groups in total. The number of fused-ring (bicyclic) bond motifs is 1. The first-order valence-corrected chi connectivity index (χ1v) is 11.0. The normalized spacial score (nSPS) is 15.3. The molecule has 0 unspecified atom stereocenters. The minimum atomic E-state index is -1.17. The van der Waals surface area contributed by atoms with Gasteiger partial charge < -0.3 is 20.2 Å². The lowest BCUT2D eigenvalue weighted by Crippen LogP contribution is -2.45. The second-order valence-corrected chi connectivity index (χ2v) is 8.61. The van der Waals surface area contributed by atoms with Crippen LogP contribution in [0.15, 0.2) is 24.3 Å². The molecular weight excluding hydrogens is 442 g/mol. The number of hydrogen-bond acceptors (Lipinski definition) is 8. The van der Waals surface area contributed by atoms with Crippen LogP contribution in [0.5, 0.6) is 0 Å². The van der Waals surface area contributed by atoms with Crippen LogP contribution in [0.2, 0.25) is 5.15 Å². The molecule has 3 aromatic rings. The van der Waals surface area contributed by atoms with Gasteiger partial charge in [-0.2, -0.15) is 5.26 Å². The van der Waals surface area contributed by atoms with Crippen molar-refractivity contribution in [3.05, 3.63) is 51.9 Å². The minimum Gasteiger partial charge on any atom is -0.476 e. The largest absolute Gasteiger partial charge is 0.476 e. The fraction of sp³-hybridized carbons (Fsp3) is 0.348. The number of likely N-dealkylation sites (N-methyl/N-ethyl adjacent to an activating group) is 1. The third-order valence-electron chi connectivity index (χ3n) is 5.74. The van der Waals surface area contributed by atoms with E-state index in [1.807, 2.05) is 26.0 Å². The van der Waals surface area contributed by atoms with Crippen LogP contribution in [0.4, 0.5) is 11.5 Å². The molecule has 3 heterocycles. The van der Waals surface area contributed by atoms with Crippen molar-refractivity contribution in [1.82, 2.24) is 19.9 Å². The predicted molar refractivity (Wildman–Crippen MR) is 127 cm³/mol. The Morgan fingerprint density at radius 2 is 1.94 bits per heavy atom. The number of anilines is 2. The molecule has 0 bridgehead atoms. The lowest BCUT2D eigenvalue weighted by atomic mass is 10.0. The monoisotopic (exact) mass is 465 g/mol. The van der Waals surface area contributed by atoms with Crippen molar-refractivity contribution in [3.8, 4) is 6.07 Å². The first-order chi connectivity index (χ1) is 15.8. The number of piperazine rings is 1. The molecule has 1 aliphatic heterocycles. The number of nitriles is 1. The summed E-state index contributed by atoms with van der Waals surface area (Å²) in [5, 5.41) is 22.6. The summed E-state index contributed by atoms with van der Waals surface area (Å²) in [4.78, 5) is 29.4. The average molecular weight is 466 g/mol. The van der Waals surface area contributed by atoms with Gasteiger partial charge in [0.05, 0.1) is 22.8 Å². The summed E-state index contributed by atoms with van der Waals surface area (Å²) in [7, 11) is 2.07. The molecular formula is C23H24ClN7O2. The van der Waals surface area contributed by atoms with Crippen LogP contribution in [0.3, 0.4) is 0 Å². The summed E-state index contributed by atoms with van der Waals surface area (Å²) in [6.07, 6.45) is 0. The van der Waals surface area contributed by atoms with Crippen molar-refractivity contribution in [3.63, 3.8) is 0 Å². The van der Waals surface area contributed by atoms with E-state index in [2.05, 4.69) is 38.2 Å². The van der Waals surface area contributed by atoms with Gasteiger partial charge in [-0.15, -0.1) is 0 Å². The van der Waals surface area contributed by atoms with E-state index in [9.17, 15) is 15.2 Å². The summed E-state index contributed by atoms with van der Waals surface area (Å²) in [5.74, 6) is -0.591. The number of carboxylic acids is 1. The van der Waals surface area contributed by atoms with Crippen LogP contribution < -0.4 is 10.2 Å². The highest BCUT2D eigenvalue weighted by atomic mass is 35.5. The number of aryl methyl sites for hydroxylation is 1. The molecule has 0 amide bonds. The highest BCUT2D eigenvalue weighted by Gasteiger charge is 2.23. The maximum Gasteiger partial charge on any atom is 0.356 e. The van der Waals surface area contributed by atoms with Crippen molar-refractivity contribution in [1.29, 1.82) is 5.26 Å². The number of pyridine rings is 1. The first kappa shape index (κ1) is 22.7. The number of hydrogen-bond donors (Lipinski definition) is 2. The molecule has 1 fully saturated rings. The Kier molecular flexibility index (Phi) is 6.31. The van der Waals surface area contributed by atoms with Crippen LogP contribution in [0, 0.1) is 18.3 Å². The predicted octanol–water partition coefficient (Wildman–Crippen LogP) is 3.48. The van der Waals surface area contributed by atoms with Crippen molar-refractivity contribution >= 4 is 40.1 Å². The molecule has 1 atom stereocenters. The zero-order valence-corrected chi connectivity index (χ0v) is 19.4. The van der Waals surface area contributed by atoms with Crippen LogP contribution in [0.25, 0.3) is 11.0 Å². The number of benzene rings is 1. The average Bonchev–Trinajstić information content (AvgIpc) is 2.79. The van der Waals surface area contributed by atoms with Gasteiger partial charge in [0.1, 0.15) is 11.2 Å². The molecule has 0 spiro atoms. The molecule has 9 nitrogen and oxygen atoms in total. The summed E-state index contributed by atoms with van der Waals surface area (Å²) >= 11 is 5.89. The summed E-state index contributed by atoms with van der Waals surface area (Å²) < 4.78 is 0. The Morgan fingerprint density at radius 3 is 2.61 bits per heavy atom. The molecule has 10 heteroatoms. The third kappa shape index (κ3) is 4.67. The molecule has 170 valence electrons. The zero-order valence-electron chi connectivity index (χ0n) is 18.6. The van der Waals surface area contributed by atoms with Crippen LogP contribution >= 0.6 is 11.6 Å². The lowest BCUT2D eigenvalue weighted by molar-refractivity contribution is 0.0691. The number of halogens is 1. The van der Waals surface area contributed by atoms with Crippen molar-refractivity contribution in [2.75, 3.05) is 43.4 Å². The Hall–Kier alpha value is -3.48. The van der Waals surface area contributed by atoms with Crippen molar-refractivity contribution in [2.45, 2.75) is 19.9 Å². The van der Waals surface area contributed by atoms with Crippen LogP contribution in [-0.2, 0) is 0 Å². The Balaban J connectivity index is 1.78. The number of aromatic carboxylic acids is 1. The van der Waals surface area contributed by atoms with E-state index in [0.717, 1.165) is 37.3 Å². The Labute approximate surface area is 196 Å². The van der Waals surface area contributed by atoms with Gasteiger partial charge in [0.15, 0.2) is 17.2 Å². The van der Waals surface area contributed by atoms with Crippen molar-refractivity contribution < 1.29 is 9.90 Å². The maximum atomic E-state index is 11.6. The lowest BCUT2D eigenvalue weighted by Gasteiger charge is -2.33. The van der Waals surface area contributed by atoms with E-state index >= 15 is 0 Å². The molecule has 1 saturated heterocycles. The van der Waals surface area contributed by atoms with E-state index in [4.69, 9.17) is 16.6 Å². The quantitative estimate of drug-likeness (QED) is 0.545. The topological polar surface area (TPSA) is 118 Å². The number of nitrogens with zero attached hydrogens (tertiary/aromatic N) is 6. The summed E-state index contributed by atoms with van der Waals surface area (Å²) in [6.45, 7) is 7.15. The summed E-state index contributed by atoms with van der Waals surface area (Å²) in [5.41, 5.74) is 3.62. The van der Waals surface area contributed by atoms with Crippen LogP contribution in [0.1, 0.15) is 40.3 Å². The first-order valence-electron chi connectivity index (χ1n) is 10.6. The standard InChI is InChI=1S/C23H24ClN7O2/c1-13-10-15(14(2)26-16-4-5-19(24)28-21(16)23(32)33)20-17(11-13)27-18(12-25)22(29-20)31-8-6-30(3)7-9-31/h4-5,10-11,14,26H,6-9H2,1-3H3,(H,32,33)/t14-/m1/s1. The van der Waals surface area contributed by atoms with Gasteiger partial charge in [-0.25, -0.2) is 19.7 Å². The highest BCUT2D eigenvalue weighted by molar-refractivity contribution is 6.29. The number of rotatable bonds is 5. The Bertz CT molecular complexity index is 1270. The van der Waals surface area contributed by atoms with Gasteiger partial charge >= 0.3 is 5.97 Å². The van der Waals surface area contributed by atoms with Gasteiger partial charge in [0, 0.05) is 31.7 Å². The van der Waals surface area contributed by atoms with Crippen molar-refractivity contribution in [2.24, 2.45) is 0 Å². The van der Waals surface area contributed by atoms with E-state index in [-0.39, 0.29) is 16.9 Å². The molecule has 1 aliphatic rings. The van der Waals surface area contributed by atoms with Gasteiger partial charge in [0.2, 0.25) is 0 Å². The molecule has 0 radical (unpaired) electrons. The van der Waals surface area contributed by atoms with E-state index < -0.39 is 5.97 Å². The molecule has 0 saturated carbocycles. The third-order valence-corrected chi connectivity index (χ3v) is 5.95. The highest BCUT2D eigenvalue weighted by Crippen LogP contribution is 2.30. The second kappa shape index (κ2) is 9.17. The SMILES string of the molecule is Cc1cc([C@@H](C)Nc2ccc(Cl)nc2C(=O)O)c2nc(N3CCN(C)CC3)c(C#N)nc2c1. The molecule has 1 aromatic carbocycles. The number of carboxylic acid groups (broad SMARTS) is 1. The van der Waals surface area contributed by atoms with Gasteiger partial charge in [-0.1, -0.05) is 17.7 Å². The molecule has 33 heavy (non-hydrogen) atoms. The van der Waals surface area contributed by atoms with Gasteiger partial charge in [0.25, 0.3) is 0 Å². The number of nitrogens with one attached hydrogen (secondary N) is 1. The van der Waals surface area contributed by atoms with Crippen LogP contribution in [-0.4, -0.2) is 64.2 Å². The van der Waals surface area contributed by atoms with E-state index in [0.29, 0.717) is 28.2 Å². The smallest absolute Gasteiger partial charge is 0.356 e. The number of aromatic nitrogens is 3. The summed E-state index contributed by atoms with van der Waals surface area (Å²) in [6, 6.07) is 8.93. The minimum absolute atomic E-state index is 0.110. The Morgan fingerprint density at radius 1 is 1.21 bits per heavy atom. The maximum absolute atomic E-state index is 11.6. The molecule has 2 aromatic heterocycles.